The summed E-state index contributed by atoms with van der Waals surface area (Å²) in [5.74, 6) is -0.655. The summed E-state index contributed by atoms with van der Waals surface area (Å²) in [7, 11) is 0. The van der Waals surface area contributed by atoms with Crippen LogP contribution in [0.5, 0.6) is 0 Å². The summed E-state index contributed by atoms with van der Waals surface area (Å²) in [5, 5.41) is 5.78. The first-order chi connectivity index (χ1) is 7.66. The standard InChI is InChI=1S/C11H12ClFN2O/c12-8-4-3-7(6-9(8)13)15-11(16)10-2-1-5-14-10/h3-4,6,10,14H,1-2,5H2,(H,15,16). The maximum Gasteiger partial charge on any atom is 0.241 e. The molecule has 1 aromatic rings. The molecule has 1 fully saturated rings. The molecule has 1 aliphatic rings. The highest BCUT2D eigenvalue weighted by atomic mass is 35.5. The summed E-state index contributed by atoms with van der Waals surface area (Å²) in [5.41, 5.74) is 0.431. The van der Waals surface area contributed by atoms with Crippen molar-refractivity contribution in [2.24, 2.45) is 0 Å². The van der Waals surface area contributed by atoms with Gasteiger partial charge in [-0.1, -0.05) is 11.6 Å². The van der Waals surface area contributed by atoms with Gasteiger partial charge in [0, 0.05) is 5.69 Å². The van der Waals surface area contributed by atoms with Crippen LogP contribution in [-0.2, 0) is 4.79 Å². The lowest BCUT2D eigenvalue weighted by molar-refractivity contribution is -0.117. The van der Waals surface area contributed by atoms with E-state index in [9.17, 15) is 9.18 Å². The van der Waals surface area contributed by atoms with Gasteiger partial charge in [-0.2, -0.15) is 0 Å². The molecule has 0 bridgehead atoms. The van der Waals surface area contributed by atoms with Crippen molar-refractivity contribution in [2.45, 2.75) is 18.9 Å². The van der Waals surface area contributed by atoms with Gasteiger partial charge in [-0.05, 0) is 37.6 Å². The van der Waals surface area contributed by atoms with Crippen LogP contribution in [0.4, 0.5) is 10.1 Å². The number of benzene rings is 1. The molecule has 0 spiro atoms. The average Bonchev–Trinajstić information content (AvgIpc) is 2.77. The molecule has 0 radical (unpaired) electrons. The summed E-state index contributed by atoms with van der Waals surface area (Å²) in [6.45, 7) is 0.854. The van der Waals surface area contributed by atoms with Gasteiger partial charge in [0.25, 0.3) is 0 Å². The van der Waals surface area contributed by atoms with Crippen molar-refractivity contribution in [2.75, 3.05) is 11.9 Å². The molecular formula is C11H12ClFN2O. The van der Waals surface area contributed by atoms with Crippen LogP contribution < -0.4 is 10.6 Å². The Balaban J connectivity index is 2.02. The molecule has 1 amide bonds. The van der Waals surface area contributed by atoms with Crippen molar-refractivity contribution in [3.05, 3.63) is 29.0 Å². The average molecular weight is 243 g/mol. The highest BCUT2D eigenvalue weighted by Gasteiger charge is 2.21. The predicted molar refractivity (Wildman–Crippen MR) is 61.1 cm³/mol. The SMILES string of the molecule is O=C(Nc1ccc(Cl)c(F)c1)C1CCCN1. The van der Waals surface area contributed by atoms with Gasteiger partial charge >= 0.3 is 0 Å². The van der Waals surface area contributed by atoms with Crippen molar-refractivity contribution in [3.63, 3.8) is 0 Å². The van der Waals surface area contributed by atoms with Crippen LogP contribution in [0.25, 0.3) is 0 Å². The molecule has 1 unspecified atom stereocenters. The van der Waals surface area contributed by atoms with Gasteiger partial charge in [-0.25, -0.2) is 4.39 Å². The van der Waals surface area contributed by atoms with Gasteiger partial charge in [0.1, 0.15) is 5.82 Å². The Morgan fingerprint density at radius 1 is 1.56 bits per heavy atom. The Hall–Kier alpha value is -1.13. The number of hydrogen-bond acceptors (Lipinski definition) is 2. The monoisotopic (exact) mass is 242 g/mol. The predicted octanol–water partition coefficient (Wildman–Crippen LogP) is 2.17. The molecule has 1 aliphatic heterocycles. The molecule has 3 nitrogen and oxygen atoms in total. The first-order valence-electron chi connectivity index (χ1n) is 5.16. The largest absolute Gasteiger partial charge is 0.325 e. The lowest BCUT2D eigenvalue weighted by Crippen LogP contribution is -2.35. The zero-order chi connectivity index (χ0) is 11.5. The summed E-state index contributed by atoms with van der Waals surface area (Å²) in [4.78, 5) is 11.7. The van der Waals surface area contributed by atoms with Crippen molar-refractivity contribution in [1.82, 2.24) is 5.32 Å². The van der Waals surface area contributed by atoms with Crippen LogP contribution in [0.2, 0.25) is 5.02 Å². The lowest BCUT2D eigenvalue weighted by atomic mass is 10.2. The normalized spacial score (nSPS) is 19.8. The zero-order valence-electron chi connectivity index (χ0n) is 8.59. The van der Waals surface area contributed by atoms with Crippen LogP contribution >= 0.6 is 11.6 Å². The van der Waals surface area contributed by atoms with E-state index in [1.807, 2.05) is 0 Å². The van der Waals surface area contributed by atoms with E-state index in [4.69, 9.17) is 11.6 Å². The molecule has 5 heteroatoms. The fourth-order valence-electron chi connectivity index (χ4n) is 1.71. The highest BCUT2D eigenvalue weighted by molar-refractivity contribution is 6.30. The minimum Gasteiger partial charge on any atom is -0.325 e. The Kier molecular flexibility index (Phi) is 3.41. The maximum absolute atomic E-state index is 13.1. The van der Waals surface area contributed by atoms with Gasteiger partial charge in [0.05, 0.1) is 11.1 Å². The minimum absolute atomic E-state index is 0.0528. The second kappa shape index (κ2) is 4.80. The zero-order valence-corrected chi connectivity index (χ0v) is 9.35. The van der Waals surface area contributed by atoms with Gasteiger partial charge in [-0.15, -0.1) is 0 Å². The fourth-order valence-corrected chi connectivity index (χ4v) is 1.83. The molecular weight excluding hydrogens is 231 g/mol. The lowest BCUT2D eigenvalue weighted by Gasteiger charge is -2.11. The Morgan fingerprint density at radius 2 is 2.38 bits per heavy atom. The number of anilines is 1. The molecule has 0 aromatic heterocycles. The van der Waals surface area contributed by atoms with Crippen LogP contribution in [-0.4, -0.2) is 18.5 Å². The molecule has 1 heterocycles. The van der Waals surface area contributed by atoms with E-state index in [1.165, 1.54) is 12.1 Å². The van der Waals surface area contributed by atoms with Crippen LogP contribution in [0.15, 0.2) is 18.2 Å². The molecule has 86 valence electrons. The number of hydrogen-bond donors (Lipinski definition) is 2. The molecule has 0 aliphatic carbocycles. The first kappa shape index (κ1) is 11.4. The van der Waals surface area contributed by atoms with Crippen LogP contribution in [0, 0.1) is 5.82 Å². The minimum atomic E-state index is -0.529. The molecule has 1 aromatic carbocycles. The van der Waals surface area contributed by atoms with Crippen molar-refractivity contribution < 1.29 is 9.18 Å². The molecule has 0 saturated carbocycles. The molecule has 2 rings (SSSR count). The smallest absolute Gasteiger partial charge is 0.241 e. The van der Waals surface area contributed by atoms with Crippen molar-refractivity contribution in [3.8, 4) is 0 Å². The van der Waals surface area contributed by atoms with Gasteiger partial charge < -0.3 is 10.6 Å². The number of carbonyl (C=O) groups is 1. The Morgan fingerprint density at radius 3 is 3.00 bits per heavy atom. The third kappa shape index (κ3) is 2.51. The molecule has 1 atom stereocenters. The molecule has 1 saturated heterocycles. The fraction of sp³-hybridized carbons (Fsp3) is 0.364. The number of rotatable bonds is 2. The maximum atomic E-state index is 13.1. The van der Waals surface area contributed by atoms with Gasteiger partial charge in [-0.3, -0.25) is 4.79 Å². The van der Waals surface area contributed by atoms with Crippen molar-refractivity contribution >= 4 is 23.2 Å². The second-order valence-corrected chi connectivity index (χ2v) is 4.17. The van der Waals surface area contributed by atoms with Crippen LogP contribution in [0.3, 0.4) is 0 Å². The summed E-state index contributed by atoms with van der Waals surface area (Å²) < 4.78 is 13.1. The summed E-state index contributed by atoms with van der Waals surface area (Å²) in [6.07, 6.45) is 1.81. The quantitative estimate of drug-likeness (QED) is 0.835. The van der Waals surface area contributed by atoms with Crippen LogP contribution in [0.1, 0.15) is 12.8 Å². The van der Waals surface area contributed by atoms with E-state index in [2.05, 4.69) is 10.6 Å². The van der Waals surface area contributed by atoms with Crippen molar-refractivity contribution in [1.29, 1.82) is 0 Å². The highest BCUT2D eigenvalue weighted by Crippen LogP contribution is 2.19. The van der Waals surface area contributed by atoms with E-state index in [0.717, 1.165) is 19.4 Å². The van der Waals surface area contributed by atoms with Gasteiger partial charge in [0.15, 0.2) is 0 Å². The Bertz CT molecular complexity index is 405. The third-order valence-electron chi connectivity index (χ3n) is 2.56. The van der Waals surface area contributed by atoms with E-state index in [-0.39, 0.29) is 17.0 Å². The molecule has 16 heavy (non-hydrogen) atoms. The van der Waals surface area contributed by atoms with Gasteiger partial charge in [0.2, 0.25) is 5.91 Å². The van der Waals surface area contributed by atoms with E-state index in [0.29, 0.717) is 5.69 Å². The second-order valence-electron chi connectivity index (χ2n) is 3.77. The van der Waals surface area contributed by atoms with E-state index in [1.54, 1.807) is 6.07 Å². The third-order valence-corrected chi connectivity index (χ3v) is 2.87. The summed E-state index contributed by atoms with van der Waals surface area (Å²) in [6, 6.07) is 4.06. The first-order valence-corrected chi connectivity index (χ1v) is 5.54. The number of carbonyl (C=O) groups excluding carboxylic acids is 1. The Labute approximate surface area is 98.0 Å². The number of nitrogens with one attached hydrogen (secondary N) is 2. The van der Waals surface area contributed by atoms with E-state index < -0.39 is 5.82 Å². The summed E-state index contributed by atoms with van der Waals surface area (Å²) >= 11 is 5.54. The number of amides is 1. The molecule has 2 N–H and O–H groups in total. The number of halogens is 2. The van der Waals surface area contributed by atoms with E-state index >= 15 is 0 Å². The topological polar surface area (TPSA) is 41.1 Å².